The van der Waals surface area contributed by atoms with Gasteiger partial charge in [0, 0.05) is 38.2 Å². The molecule has 1 aliphatic rings. The van der Waals surface area contributed by atoms with Crippen molar-refractivity contribution in [3.8, 4) is 0 Å². The Labute approximate surface area is 135 Å². The third kappa shape index (κ3) is 4.37. The molecule has 0 saturated carbocycles. The average molecular weight is 320 g/mol. The quantitative estimate of drug-likeness (QED) is 0.782. The minimum Gasteiger partial charge on any atom is -0.387 e. The molecule has 8 nitrogen and oxygen atoms in total. The van der Waals surface area contributed by atoms with Gasteiger partial charge in [0.25, 0.3) is 0 Å². The van der Waals surface area contributed by atoms with Crippen LogP contribution in [0.4, 0.5) is 0 Å². The van der Waals surface area contributed by atoms with Gasteiger partial charge < -0.3 is 9.84 Å². The number of piperidine rings is 1. The molecule has 1 N–H and O–H groups in total. The number of hydrogen-bond acceptors (Lipinski definition) is 6. The van der Waals surface area contributed by atoms with Crippen molar-refractivity contribution in [1.82, 2.24) is 29.7 Å². The van der Waals surface area contributed by atoms with Crippen LogP contribution in [0.5, 0.6) is 0 Å². The van der Waals surface area contributed by atoms with Crippen LogP contribution in [0, 0.1) is 0 Å². The van der Waals surface area contributed by atoms with Crippen molar-refractivity contribution in [2.24, 2.45) is 0 Å². The summed E-state index contributed by atoms with van der Waals surface area (Å²) in [6.45, 7) is 4.32. The highest BCUT2D eigenvalue weighted by molar-refractivity contribution is 5.04. The summed E-state index contributed by atoms with van der Waals surface area (Å²) >= 11 is 0. The maximum atomic E-state index is 10.8. The van der Waals surface area contributed by atoms with E-state index in [-0.39, 0.29) is 0 Å². The minimum absolute atomic E-state index is 0.483. The molecule has 1 saturated heterocycles. The normalized spacial score (nSPS) is 22.5. The van der Waals surface area contributed by atoms with E-state index in [0.29, 0.717) is 19.7 Å². The van der Waals surface area contributed by atoms with Crippen molar-refractivity contribution < 1.29 is 9.84 Å². The van der Waals surface area contributed by atoms with E-state index in [4.69, 9.17) is 4.74 Å². The molecule has 0 radical (unpaired) electrons. The first-order chi connectivity index (χ1) is 11.2. The predicted molar refractivity (Wildman–Crippen MR) is 83.6 cm³/mol. The fraction of sp³-hybridized carbons (Fsp3) is 0.667. The van der Waals surface area contributed by atoms with Gasteiger partial charge in [-0.05, 0) is 19.4 Å². The fourth-order valence-corrected chi connectivity index (χ4v) is 3.14. The first-order valence-electron chi connectivity index (χ1n) is 7.96. The van der Waals surface area contributed by atoms with E-state index >= 15 is 0 Å². The number of hydrogen-bond donors (Lipinski definition) is 1. The van der Waals surface area contributed by atoms with Crippen LogP contribution in [0.25, 0.3) is 0 Å². The molecule has 1 unspecified atom stereocenters. The number of ether oxygens (including phenoxy) is 1. The zero-order valence-electron chi connectivity index (χ0n) is 13.5. The van der Waals surface area contributed by atoms with E-state index in [1.165, 1.54) is 0 Å². The van der Waals surface area contributed by atoms with Crippen molar-refractivity contribution in [3.05, 3.63) is 30.4 Å². The first-order valence-corrected chi connectivity index (χ1v) is 7.96. The Balaban J connectivity index is 1.56. The zero-order valence-corrected chi connectivity index (χ0v) is 13.5. The summed E-state index contributed by atoms with van der Waals surface area (Å²) in [6, 6.07) is 0. The molecule has 1 atom stereocenters. The standard InChI is InChI=1S/C15H24N6O2/c1-23-8-7-20-11-14(9-17-20)10-19-5-2-3-15(22,12-19)13-21-6-4-16-18-21/h4,6,9,11,22H,2-3,5,7-8,10,12-13H2,1H3. The Morgan fingerprint density at radius 2 is 2.30 bits per heavy atom. The van der Waals surface area contributed by atoms with Gasteiger partial charge in [-0.1, -0.05) is 5.21 Å². The zero-order chi connectivity index (χ0) is 16.1. The minimum atomic E-state index is -0.752. The first kappa shape index (κ1) is 16.1. The van der Waals surface area contributed by atoms with Crippen LogP contribution in [-0.4, -0.2) is 67.2 Å². The van der Waals surface area contributed by atoms with E-state index in [1.54, 1.807) is 24.2 Å². The molecule has 23 heavy (non-hydrogen) atoms. The van der Waals surface area contributed by atoms with Crippen LogP contribution in [0.3, 0.4) is 0 Å². The molecule has 1 aliphatic heterocycles. The Morgan fingerprint density at radius 3 is 3.09 bits per heavy atom. The second kappa shape index (κ2) is 7.20. The highest BCUT2D eigenvalue weighted by Gasteiger charge is 2.34. The van der Waals surface area contributed by atoms with Gasteiger partial charge in [0.15, 0.2) is 0 Å². The lowest BCUT2D eigenvalue weighted by atomic mass is 9.92. The summed E-state index contributed by atoms with van der Waals surface area (Å²) in [5.41, 5.74) is 0.406. The van der Waals surface area contributed by atoms with Gasteiger partial charge in [-0.2, -0.15) is 5.10 Å². The largest absolute Gasteiger partial charge is 0.387 e. The highest BCUT2D eigenvalue weighted by atomic mass is 16.5. The van der Waals surface area contributed by atoms with Crippen LogP contribution < -0.4 is 0 Å². The lowest BCUT2D eigenvalue weighted by Crippen LogP contribution is -2.50. The van der Waals surface area contributed by atoms with Gasteiger partial charge in [-0.15, -0.1) is 5.10 Å². The van der Waals surface area contributed by atoms with E-state index in [9.17, 15) is 5.11 Å². The summed E-state index contributed by atoms with van der Waals surface area (Å²) in [5.74, 6) is 0. The summed E-state index contributed by atoms with van der Waals surface area (Å²) in [6.07, 6.45) is 9.12. The Morgan fingerprint density at radius 1 is 1.39 bits per heavy atom. The summed E-state index contributed by atoms with van der Waals surface area (Å²) in [5, 5.41) is 22.9. The van der Waals surface area contributed by atoms with Gasteiger partial charge in [0.05, 0.1) is 37.7 Å². The van der Waals surface area contributed by atoms with Gasteiger partial charge >= 0.3 is 0 Å². The fourth-order valence-electron chi connectivity index (χ4n) is 3.14. The maximum Gasteiger partial charge on any atom is 0.0970 e. The Hall–Kier alpha value is -1.77. The molecule has 0 amide bonds. The number of aliphatic hydroxyl groups is 1. The van der Waals surface area contributed by atoms with Gasteiger partial charge in [0.1, 0.15) is 0 Å². The Bertz CT molecular complexity index is 599. The number of methoxy groups -OCH3 is 1. The monoisotopic (exact) mass is 320 g/mol. The number of nitrogens with zero attached hydrogens (tertiary/aromatic N) is 6. The molecular weight excluding hydrogens is 296 g/mol. The second-order valence-electron chi connectivity index (χ2n) is 6.24. The number of β-amino-alcohol motifs (C(OH)–C–C–N with tert-alkyl or cyclic N) is 1. The number of aromatic nitrogens is 5. The van der Waals surface area contributed by atoms with Crippen LogP contribution in [0.1, 0.15) is 18.4 Å². The molecule has 1 fully saturated rings. The van der Waals surface area contributed by atoms with E-state index in [1.807, 2.05) is 17.1 Å². The topological polar surface area (TPSA) is 81.2 Å². The molecule has 0 aromatic carbocycles. The lowest BCUT2D eigenvalue weighted by Gasteiger charge is -2.38. The molecule has 0 aliphatic carbocycles. The van der Waals surface area contributed by atoms with Crippen LogP contribution in [0.15, 0.2) is 24.8 Å². The summed E-state index contributed by atoms with van der Waals surface area (Å²) in [4.78, 5) is 2.28. The van der Waals surface area contributed by atoms with Crippen LogP contribution in [0.2, 0.25) is 0 Å². The van der Waals surface area contributed by atoms with Gasteiger partial charge in [0.2, 0.25) is 0 Å². The molecule has 3 rings (SSSR count). The molecule has 126 valence electrons. The van der Waals surface area contributed by atoms with Crippen LogP contribution in [-0.2, 0) is 24.4 Å². The van der Waals surface area contributed by atoms with Gasteiger partial charge in [-0.3, -0.25) is 9.58 Å². The van der Waals surface area contributed by atoms with Crippen molar-refractivity contribution in [2.75, 3.05) is 26.8 Å². The van der Waals surface area contributed by atoms with Crippen molar-refractivity contribution >= 4 is 0 Å². The summed E-state index contributed by atoms with van der Waals surface area (Å²) in [7, 11) is 1.69. The Kier molecular flexibility index (Phi) is 5.04. The van der Waals surface area contributed by atoms with E-state index in [0.717, 1.165) is 38.0 Å². The smallest absolute Gasteiger partial charge is 0.0970 e. The number of likely N-dealkylation sites (tertiary alicyclic amines) is 1. The second-order valence-corrected chi connectivity index (χ2v) is 6.24. The summed E-state index contributed by atoms with van der Waals surface area (Å²) < 4.78 is 8.66. The van der Waals surface area contributed by atoms with E-state index < -0.39 is 5.60 Å². The number of rotatable bonds is 7. The average Bonchev–Trinajstić information content (AvgIpc) is 3.17. The maximum absolute atomic E-state index is 10.8. The van der Waals surface area contributed by atoms with Gasteiger partial charge in [-0.25, -0.2) is 4.68 Å². The SMILES string of the molecule is COCCn1cc(CN2CCCC(O)(Cn3ccnn3)C2)cn1. The van der Waals surface area contributed by atoms with Crippen molar-refractivity contribution in [2.45, 2.75) is 38.1 Å². The van der Waals surface area contributed by atoms with Crippen molar-refractivity contribution in [1.29, 1.82) is 0 Å². The third-order valence-corrected chi connectivity index (χ3v) is 4.18. The molecule has 0 bridgehead atoms. The highest BCUT2D eigenvalue weighted by Crippen LogP contribution is 2.24. The molecule has 2 aromatic rings. The molecular formula is C15H24N6O2. The van der Waals surface area contributed by atoms with E-state index in [2.05, 4.69) is 20.3 Å². The predicted octanol–water partition coefficient (Wildman–Crippen LogP) is 0.148. The molecule has 8 heteroatoms. The van der Waals surface area contributed by atoms with Crippen LogP contribution >= 0.6 is 0 Å². The third-order valence-electron chi connectivity index (χ3n) is 4.18. The van der Waals surface area contributed by atoms with Crippen molar-refractivity contribution in [3.63, 3.8) is 0 Å². The molecule has 0 spiro atoms. The lowest BCUT2D eigenvalue weighted by molar-refractivity contribution is -0.0478. The molecule has 2 aromatic heterocycles. The molecule has 3 heterocycles.